The summed E-state index contributed by atoms with van der Waals surface area (Å²) in [6.45, 7) is 6.29. The maximum atomic E-state index is 9.36. The lowest BCUT2D eigenvalue weighted by atomic mass is 10.1. The van der Waals surface area contributed by atoms with Gasteiger partial charge in [0.05, 0.1) is 6.10 Å². The van der Waals surface area contributed by atoms with Crippen LogP contribution in [-0.2, 0) is 0 Å². The summed E-state index contributed by atoms with van der Waals surface area (Å²) in [6.07, 6.45) is 0.891. The van der Waals surface area contributed by atoms with Gasteiger partial charge in [-0.15, -0.1) is 11.8 Å². The zero-order chi connectivity index (χ0) is 11.3. The average Bonchev–Trinajstić information content (AvgIpc) is 2.18. The van der Waals surface area contributed by atoms with Crippen LogP contribution in [-0.4, -0.2) is 10.9 Å². The summed E-state index contributed by atoms with van der Waals surface area (Å²) < 4.78 is 0. The third-order valence-corrected chi connectivity index (χ3v) is 3.37. The molecule has 1 atom stereocenters. The molecule has 15 heavy (non-hydrogen) atoms. The maximum absolute atomic E-state index is 9.36. The van der Waals surface area contributed by atoms with Crippen molar-refractivity contribution in [2.75, 3.05) is 5.75 Å². The molecule has 1 N–H and O–H groups in total. The van der Waals surface area contributed by atoms with Crippen molar-refractivity contribution in [1.29, 1.82) is 0 Å². The Morgan fingerprint density at radius 1 is 1.13 bits per heavy atom. The predicted molar refractivity (Wildman–Crippen MR) is 67.3 cm³/mol. The zero-order valence-electron chi connectivity index (χ0n) is 9.73. The first-order chi connectivity index (χ1) is 7.09. The fourth-order valence-corrected chi connectivity index (χ4v) is 2.41. The molecule has 0 aliphatic rings. The van der Waals surface area contributed by atoms with Crippen molar-refractivity contribution in [3.63, 3.8) is 0 Å². The molecule has 2 heteroatoms. The Labute approximate surface area is 96.9 Å². The van der Waals surface area contributed by atoms with Crippen LogP contribution in [0.1, 0.15) is 38.9 Å². The number of hydrogen-bond acceptors (Lipinski definition) is 2. The summed E-state index contributed by atoms with van der Waals surface area (Å²) >= 11 is 1.89. The van der Waals surface area contributed by atoms with Crippen molar-refractivity contribution in [3.05, 3.63) is 29.8 Å². The first kappa shape index (κ1) is 12.6. The third-order valence-electron chi connectivity index (χ3n) is 2.33. The molecule has 0 amide bonds. The average molecular weight is 224 g/mol. The van der Waals surface area contributed by atoms with Gasteiger partial charge in [-0.1, -0.05) is 26.0 Å². The minimum absolute atomic E-state index is 0.361. The molecular weight excluding hydrogens is 204 g/mol. The van der Waals surface area contributed by atoms with Crippen molar-refractivity contribution >= 4 is 11.8 Å². The van der Waals surface area contributed by atoms with Crippen LogP contribution >= 0.6 is 11.8 Å². The van der Waals surface area contributed by atoms with E-state index in [1.807, 2.05) is 23.9 Å². The standard InChI is InChI=1S/C13H20OS/c1-10(2)8-9-15-13-6-4-12(5-7-13)11(3)14/h4-7,10-11,14H,8-9H2,1-3H3. The first-order valence-corrected chi connectivity index (χ1v) is 6.49. The number of aliphatic hydroxyl groups is 1. The van der Waals surface area contributed by atoms with Gasteiger partial charge in [-0.25, -0.2) is 0 Å². The zero-order valence-corrected chi connectivity index (χ0v) is 10.6. The van der Waals surface area contributed by atoms with Crippen LogP contribution in [0.4, 0.5) is 0 Å². The van der Waals surface area contributed by atoms with Crippen LogP contribution in [0.25, 0.3) is 0 Å². The van der Waals surface area contributed by atoms with E-state index in [0.717, 1.165) is 11.5 Å². The van der Waals surface area contributed by atoms with E-state index in [1.165, 1.54) is 17.1 Å². The quantitative estimate of drug-likeness (QED) is 0.766. The lowest BCUT2D eigenvalue weighted by molar-refractivity contribution is 0.199. The summed E-state index contributed by atoms with van der Waals surface area (Å²) in [7, 11) is 0. The third kappa shape index (κ3) is 4.72. The molecule has 0 aliphatic carbocycles. The molecule has 1 unspecified atom stereocenters. The highest BCUT2D eigenvalue weighted by atomic mass is 32.2. The fourth-order valence-electron chi connectivity index (χ4n) is 1.26. The Morgan fingerprint density at radius 2 is 1.73 bits per heavy atom. The summed E-state index contributed by atoms with van der Waals surface area (Å²) in [5.74, 6) is 1.94. The Balaban J connectivity index is 2.43. The summed E-state index contributed by atoms with van der Waals surface area (Å²) in [5, 5.41) is 9.36. The molecule has 0 bridgehead atoms. The molecule has 0 aliphatic heterocycles. The van der Waals surface area contributed by atoms with Crippen molar-refractivity contribution in [2.24, 2.45) is 5.92 Å². The van der Waals surface area contributed by atoms with Crippen LogP contribution in [0.5, 0.6) is 0 Å². The smallest absolute Gasteiger partial charge is 0.0761 e. The predicted octanol–water partition coefficient (Wildman–Crippen LogP) is 3.88. The van der Waals surface area contributed by atoms with Crippen molar-refractivity contribution < 1.29 is 5.11 Å². The van der Waals surface area contributed by atoms with E-state index in [2.05, 4.69) is 26.0 Å². The van der Waals surface area contributed by atoms with E-state index >= 15 is 0 Å². The van der Waals surface area contributed by atoms with E-state index in [4.69, 9.17) is 0 Å². The molecule has 0 aromatic heterocycles. The highest BCUT2D eigenvalue weighted by molar-refractivity contribution is 7.99. The number of benzene rings is 1. The van der Waals surface area contributed by atoms with Gasteiger partial charge in [-0.05, 0) is 42.7 Å². The van der Waals surface area contributed by atoms with Crippen LogP contribution in [0.3, 0.4) is 0 Å². The molecule has 0 radical (unpaired) electrons. The number of hydrogen-bond donors (Lipinski definition) is 1. The van der Waals surface area contributed by atoms with Crippen LogP contribution in [0.2, 0.25) is 0 Å². The molecule has 0 fully saturated rings. The highest BCUT2D eigenvalue weighted by Crippen LogP contribution is 2.22. The Hall–Kier alpha value is -0.470. The monoisotopic (exact) mass is 224 g/mol. The molecule has 0 spiro atoms. The van der Waals surface area contributed by atoms with Gasteiger partial charge in [-0.3, -0.25) is 0 Å². The maximum Gasteiger partial charge on any atom is 0.0761 e. The van der Waals surface area contributed by atoms with Gasteiger partial charge in [0, 0.05) is 4.90 Å². The largest absolute Gasteiger partial charge is 0.389 e. The fraction of sp³-hybridized carbons (Fsp3) is 0.538. The molecule has 0 heterocycles. The Kier molecular flexibility index (Phi) is 5.20. The van der Waals surface area contributed by atoms with Gasteiger partial charge in [0.25, 0.3) is 0 Å². The van der Waals surface area contributed by atoms with Gasteiger partial charge < -0.3 is 5.11 Å². The second-order valence-corrected chi connectivity index (χ2v) is 5.44. The summed E-state index contributed by atoms with van der Waals surface area (Å²) in [5.41, 5.74) is 0.989. The van der Waals surface area contributed by atoms with E-state index in [-0.39, 0.29) is 6.10 Å². The molecular formula is C13H20OS. The Morgan fingerprint density at radius 3 is 2.20 bits per heavy atom. The molecule has 84 valence electrons. The van der Waals surface area contributed by atoms with Gasteiger partial charge in [-0.2, -0.15) is 0 Å². The molecule has 1 nitrogen and oxygen atoms in total. The number of thioether (sulfide) groups is 1. The van der Waals surface area contributed by atoms with Crippen molar-refractivity contribution in [1.82, 2.24) is 0 Å². The van der Waals surface area contributed by atoms with E-state index in [0.29, 0.717) is 0 Å². The van der Waals surface area contributed by atoms with Gasteiger partial charge in [0.15, 0.2) is 0 Å². The van der Waals surface area contributed by atoms with E-state index in [9.17, 15) is 5.11 Å². The molecule has 1 aromatic rings. The molecule has 1 aromatic carbocycles. The molecule has 0 saturated carbocycles. The summed E-state index contributed by atoms with van der Waals surface area (Å²) in [6, 6.07) is 8.19. The van der Waals surface area contributed by atoms with E-state index in [1.54, 1.807) is 6.92 Å². The second kappa shape index (κ2) is 6.19. The normalized spacial score (nSPS) is 13.1. The summed E-state index contributed by atoms with van der Waals surface area (Å²) in [4.78, 5) is 1.29. The molecule has 0 saturated heterocycles. The van der Waals surface area contributed by atoms with Gasteiger partial charge in [0.1, 0.15) is 0 Å². The second-order valence-electron chi connectivity index (χ2n) is 4.28. The SMILES string of the molecule is CC(C)CCSc1ccc(C(C)O)cc1. The van der Waals surface area contributed by atoms with Crippen molar-refractivity contribution in [2.45, 2.75) is 38.2 Å². The topological polar surface area (TPSA) is 20.2 Å². The number of rotatable bonds is 5. The van der Waals surface area contributed by atoms with E-state index < -0.39 is 0 Å². The van der Waals surface area contributed by atoms with Gasteiger partial charge >= 0.3 is 0 Å². The van der Waals surface area contributed by atoms with Crippen LogP contribution in [0.15, 0.2) is 29.2 Å². The lowest BCUT2D eigenvalue weighted by Crippen LogP contribution is -1.91. The minimum atomic E-state index is -0.361. The first-order valence-electron chi connectivity index (χ1n) is 5.50. The Bertz CT molecular complexity index is 277. The molecule has 1 rings (SSSR count). The number of aliphatic hydroxyl groups excluding tert-OH is 1. The van der Waals surface area contributed by atoms with Gasteiger partial charge in [0.2, 0.25) is 0 Å². The van der Waals surface area contributed by atoms with Crippen molar-refractivity contribution in [3.8, 4) is 0 Å². The van der Waals surface area contributed by atoms with Crippen LogP contribution in [0, 0.1) is 5.92 Å². The highest BCUT2D eigenvalue weighted by Gasteiger charge is 2.01. The van der Waals surface area contributed by atoms with Crippen LogP contribution < -0.4 is 0 Å². The lowest BCUT2D eigenvalue weighted by Gasteiger charge is -2.07. The minimum Gasteiger partial charge on any atom is -0.389 e.